The van der Waals surface area contributed by atoms with Gasteiger partial charge < -0.3 is 10.5 Å². The molecule has 0 aliphatic carbocycles. The molecule has 3 atom stereocenters. The first-order valence-corrected chi connectivity index (χ1v) is 6.28. The summed E-state index contributed by atoms with van der Waals surface area (Å²) >= 11 is 0. The van der Waals surface area contributed by atoms with Crippen LogP contribution in [-0.2, 0) is 4.74 Å². The average molecular weight is 214 g/mol. The van der Waals surface area contributed by atoms with Gasteiger partial charge in [-0.3, -0.25) is 4.90 Å². The van der Waals surface area contributed by atoms with Crippen LogP contribution in [0, 0.1) is 0 Å². The Labute approximate surface area is 94.0 Å². The van der Waals surface area contributed by atoms with Crippen LogP contribution in [0.4, 0.5) is 0 Å². The second kappa shape index (κ2) is 6.46. The molecule has 15 heavy (non-hydrogen) atoms. The van der Waals surface area contributed by atoms with Gasteiger partial charge in [-0.2, -0.15) is 0 Å². The largest absolute Gasteiger partial charge is 0.376 e. The van der Waals surface area contributed by atoms with E-state index in [1.807, 2.05) is 0 Å². The lowest BCUT2D eigenvalue weighted by atomic mass is 10.1. The zero-order valence-electron chi connectivity index (χ0n) is 10.4. The summed E-state index contributed by atoms with van der Waals surface area (Å²) in [6.07, 6.45) is 3.75. The molecule has 0 aromatic carbocycles. The van der Waals surface area contributed by atoms with Crippen LogP contribution in [0.2, 0.25) is 0 Å². The fourth-order valence-corrected chi connectivity index (χ4v) is 2.10. The Morgan fingerprint density at radius 1 is 1.47 bits per heavy atom. The fourth-order valence-electron chi connectivity index (χ4n) is 2.10. The van der Waals surface area contributed by atoms with E-state index in [9.17, 15) is 0 Å². The molecule has 3 nitrogen and oxygen atoms in total. The maximum atomic E-state index is 5.95. The molecule has 1 aliphatic rings. The maximum absolute atomic E-state index is 5.95. The number of nitrogens with zero attached hydrogens (tertiary/aromatic N) is 1. The molecule has 0 aromatic heterocycles. The van der Waals surface area contributed by atoms with E-state index in [4.69, 9.17) is 10.5 Å². The second-order valence-corrected chi connectivity index (χ2v) is 4.66. The van der Waals surface area contributed by atoms with Gasteiger partial charge in [0, 0.05) is 25.2 Å². The van der Waals surface area contributed by atoms with E-state index in [-0.39, 0.29) is 0 Å². The maximum Gasteiger partial charge on any atom is 0.0674 e. The van der Waals surface area contributed by atoms with E-state index >= 15 is 0 Å². The third-order valence-corrected chi connectivity index (χ3v) is 3.36. The Kier molecular flexibility index (Phi) is 5.58. The molecule has 0 spiro atoms. The first-order chi connectivity index (χ1) is 7.17. The molecular weight excluding hydrogens is 188 g/mol. The summed E-state index contributed by atoms with van der Waals surface area (Å²) in [5, 5.41) is 0. The summed E-state index contributed by atoms with van der Waals surface area (Å²) < 4.78 is 5.67. The molecule has 90 valence electrons. The number of nitrogens with two attached hydrogens (primary N) is 1. The van der Waals surface area contributed by atoms with Crippen LogP contribution in [0.5, 0.6) is 0 Å². The standard InChI is InChI=1S/C12H26N2O/c1-4-11(13)6-7-14-8-10(3)15-9-12(14)5-2/h10-12H,4-9,13H2,1-3H3. The second-order valence-electron chi connectivity index (χ2n) is 4.66. The predicted molar refractivity (Wildman–Crippen MR) is 63.9 cm³/mol. The van der Waals surface area contributed by atoms with Crippen LogP contribution in [-0.4, -0.2) is 42.8 Å². The zero-order valence-corrected chi connectivity index (χ0v) is 10.4. The van der Waals surface area contributed by atoms with E-state index in [0.717, 1.165) is 32.5 Å². The van der Waals surface area contributed by atoms with Crippen LogP contribution < -0.4 is 5.73 Å². The Hall–Kier alpha value is -0.120. The van der Waals surface area contributed by atoms with E-state index < -0.39 is 0 Å². The normalized spacial score (nSPS) is 30.4. The van der Waals surface area contributed by atoms with Crippen molar-refractivity contribution < 1.29 is 4.74 Å². The van der Waals surface area contributed by atoms with Gasteiger partial charge in [-0.05, 0) is 26.2 Å². The van der Waals surface area contributed by atoms with Crippen molar-refractivity contribution in [3.8, 4) is 0 Å². The van der Waals surface area contributed by atoms with Crippen molar-refractivity contribution in [1.82, 2.24) is 4.90 Å². The van der Waals surface area contributed by atoms with Gasteiger partial charge in [0.2, 0.25) is 0 Å². The zero-order chi connectivity index (χ0) is 11.3. The topological polar surface area (TPSA) is 38.5 Å². The monoisotopic (exact) mass is 214 g/mol. The molecule has 0 saturated carbocycles. The van der Waals surface area contributed by atoms with Crippen molar-refractivity contribution >= 4 is 0 Å². The molecule has 0 radical (unpaired) electrons. The molecule has 1 rings (SSSR count). The summed E-state index contributed by atoms with van der Waals surface area (Å²) in [4.78, 5) is 2.55. The van der Waals surface area contributed by atoms with Gasteiger partial charge >= 0.3 is 0 Å². The average Bonchev–Trinajstić information content (AvgIpc) is 2.26. The number of ether oxygens (including phenoxy) is 1. The Bertz CT molecular complexity index is 175. The van der Waals surface area contributed by atoms with Crippen LogP contribution >= 0.6 is 0 Å². The highest BCUT2D eigenvalue weighted by Gasteiger charge is 2.25. The van der Waals surface area contributed by atoms with Gasteiger partial charge in [-0.25, -0.2) is 0 Å². The molecule has 0 aromatic rings. The highest BCUT2D eigenvalue weighted by atomic mass is 16.5. The van der Waals surface area contributed by atoms with Crippen LogP contribution in [0.25, 0.3) is 0 Å². The van der Waals surface area contributed by atoms with Crippen molar-refractivity contribution in [2.45, 2.75) is 58.2 Å². The number of hydrogen-bond donors (Lipinski definition) is 1. The van der Waals surface area contributed by atoms with E-state index in [1.54, 1.807) is 0 Å². The molecule has 1 saturated heterocycles. The van der Waals surface area contributed by atoms with E-state index in [2.05, 4.69) is 25.7 Å². The number of rotatable bonds is 5. The molecular formula is C12H26N2O. The van der Waals surface area contributed by atoms with Crippen molar-refractivity contribution in [2.75, 3.05) is 19.7 Å². The van der Waals surface area contributed by atoms with E-state index in [1.165, 1.54) is 6.42 Å². The lowest BCUT2D eigenvalue weighted by molar-refractivity contribution is -0.0564. The van der Waals surface area contributed by atoms with Crippen LogP contribution in [0.3, 0.4) is 0 Å². The predicted octanol–water partition coefficient (Wildman–Crippen LogP) is 1.61. The molecule has 1 fully saturated rings. The minimum Gasteiger partial charge on any atom is -0.376 e. The minimum atomic E-state index is 0.362. The fraction of sp³-hybridized carbons (Fsp3) is 1.00. The smallest absolute Gasteiger partial charge is 0.0674 e. The minimum absolute atomic E-state index is 0.362. The molecule has 3 heteroatoms. The number of morpholine rings is 1. The summed E-state index contributed by atoms with van der Waals surface area (Å²) in [6.45, 7) is 9.62. The van der Waals surface area contributed by atoms with Gasteiger partial charge in [-0.1, -0.05) is 13.8 Å². The van der Waals surface area contributed by atoms with Crippen molar-refractivity contribution in [1.29, 1.82) is 0 Å². The summed E-state index contributed by atoms with van der Waals surface area (Å²) in [6, 6.07) is 0.964. The first kappa shape index (κ1) is 12.9. The van der Waals surface area contributed by atoms with Crippen LogP contribution in [0.15, 0.2) is 0 Å². The summed E-state index contributed by atoms with van der Waals surface area (Å²) in [7, 11) is 0. The molecule has 0 bridgehead atoms. The van der Waals surface area contributed by atoms with E-state index in [0.29, 0.717) is 18.2 Å². The highest BCUT2D eigenvalue weighted by Crippen LogP contribution is 2.15. The van der Waals surface area contributed by atoms with Gasteiger partial charge in [-0.15, -0.1) is 0 Å². The summed E-state index contributed by atoms with van der Waals surface area (Å²) in [5.74, 6) is 0. The third-order valence-electron chi connectivity index (χ3n) is 3.36. The molecule has 0 amide bonds. The highest BCUT2D eigenvalue weighted by molar-refractivity contribution is 4.78. The van der Waals surface area contributed by atoms with Crippen molar-refractivity contribution in [3.05, 3.63) is 0 Å². The van der Waals surface area contributed by atoms with Gasteiger partial charge in [0.05, 0.1) is 12.7 Å². The summed E-state index contributed by atoms with van der Waals surface area (Å²) in [5.41, 5.74) is 5.95. The lowest BCUT2D eigenvalue weighted by Crippen LogP contribution is -2.49. The molecule has 2 N–H and O–H groups in total. The third kappa shape index (κ3) is 4.09. The molecule has 3 unspecified atom stereocenters. The van der Waals surface area contributed by atoms with Gasteiger partial charge in [0.1, 0.15) is 0 Å². The molecule has 1 aliphatic heterocycles. The Balaban J connectivity index is 2.34. The number of hydrogen-bond acceptors (Lipinski definition) is 3. The Morgan fingerprint density at radius 2 is 2.20 bits per heavy atom. The van der Waals surface area contributed by atoms with Crippen molar-refractivity contribution in [2.24, 2.45) is 5.73 Å². The molecule has 1 heterocycles. The first-order valence-electron chi connectivity index (χ1n) is 6.28. The van der Waals surface area contributed by atoms with Crippen molar-refractivity contribution in [3.63, 3.8) is 0 Å². The van der Waals surface area contributed by atoms with Gasteiger partial charge in [0.15, 0.2) is 0 Å². The SMILES string of the molecule is CCC(N)CCN1CC(C)OCC1CC. The Morgan fingerprint density at radius 3 is 2.80 bits per heavy atom. The quantitative estimate of drug-likeness (QED) is 0.755. The van der Waals surface area contributed by atoms with Crippen LogP contribution in [0.1, 0.15) is 40.0 Å². The van der Waals surface area contributed by atoms with Gasteiger partial charge in [0.25, 0.3) is 0 Å². The lowest BCUT2D eigenvalue weighted by Gasteiger charge is -2.38.